The second-order valence-corrected chi connectivity index (χ2v) is 5.43. The van der Waals surface area contributed by atoms with Gasteiger partial charge in [-0.25, -0.2) is 9.78 Å². The third kappa shape index (κ3) is 4.87. The van der Waals surface area contributed by atoms with Crippen molar-refractivity contribution in [2.45, 2.75) is 6.36 Å². The maximum absolute atomic E-state index is 12.1. The van der Waals surface area contributed by atoms with Crippen LogP contribution in [0.1, 0.15) is 10.5 Å². The fraction of sp³-hybridized carbons (Fsp3) is 0.0556. The molecule has 0 spiro atoms. The number of benzene rings is 2. The van der Waals surface area contributed by atoms with E-state index < -0.39 is 17.9 Å². The molecule has 0 unspecified atom stereocenters. The maximum Gasteiger partial charge on any atom is 0.573 e. The van der Waals surface area contributed by atoms with E-state index >= 15 is 0 Å². The summed E-state index contributed by atoms with van der Waals surface area (Å²) in [6.45, 7) is 0. The van der Waals surface area contributed by atoms with Crippen LogP contribution in [0, 0.1) is 0 Å². The molecule has 0 fully saturated rings. The zero-order valence-electron chi connectivity index (χ0n) is 13.9. The van der Waals surface area contributed by atoms with Crippen molar-refractivity contribution < 1.29 is 32.5 Å². The standard InChI is InChI=1S/C18H11F3N2O5/c19-18(20,21)28-13-7-5-12(6-8-13)27-11-3-1-10(2-4-11)16-22-14(17(25)26)9-15(24)23-16/h1-9H,(H,25,26)(H,22,23,24). The molecular formula is C18H11F3N2O5. The zero-order valence-corrected chi connectivity index (χ0v) is 13.9. The Morgan fingerprint density at radius 2 is 1.50 bits per heavy atom. The number of nitrogens with one attached hydrogen (secondary N) is 1. The Morgan fingerprint density at radius 3 is 2.04 bits per heavy atom. The van der Waals surface area contributed by atoms with Crippen molar-refractivity contribution in [3.8, 4) is 28.6 Å². The normalized spacial score (nSPS) is 11.1. The molecule has 0 aliphatic rings. The molecule has 0 bridgehead atoms. The molecule has 144 valence electrons. The SMILES string of the molecule is O=C(O)c1cc(=O)[nH]c(-c2ccc(Oc3ccc(OC(F)(F)F)cc3)cc2)n1. The first-order valence-corrected chi connectivity index (χ1v) is 7.68. The number of halogens is 3. The smallest absolute Gasteiger partial charge is 0.477 e. The lowest BCUT2D eigenvalue weighted by Crippen LogP contribution is -2.16. The molecule has 0 saturated heterocycles. The molecule has 28 heavy (non-hydrogen) atoms. The molecule has 2 aromatic carbocycles. The molecule has 0 aliphatic carbocycles. The number of nitrogens with zero attached hydrogens (tertiary/aromatic N) is 1. The average Bonchev–Trinajstić information content (AvgIpc) is 2.62. The Kier molecular flexibility index (Phi) is 5.03. The number of carboxylic acid groups (broad SMARTS) is 1. The van der Waals surface area contributed by atoms with E-state index in [0.717, 1.165) is 18.2 Å². The molecule has 1 aromatic heterocycles. The van der Waals surface area contributed by atoms with Gasteiger partial charge in [0.1, 0.15) is 23.1 Å². The van der Waals surface area contributed by atoms with Crippen molar-refractivity contribution in [1.82, 2.24) is 9.97 Å². The van der Waals surface area contributed by atoms with Crippen molar-refractivity contribution in [1.29, 1.82) is 0 Å². The molecule has 0 radical (unpaired) electrons. The largest absolute Gasteiger partial charge is 0.573 e. The van der Waals surface area contributed by atoms with Crippen LogP contribution in [-0.4, -0.2) is 27.4 Å². The van der Waals surface area contributed by atoms with Gasteiger partial charge in [0.25, 0.3) is 5.56 Å². The molecule has 0 amide bonds. The molecule has 3 rings (SSSR count). The van der Waals surface area contributed by atoms with E-state index in [9.17, 15) is 22.8 Å². The number of aromatic amines is 1. The lowest BCUT2D eigenvalue weighted by Gasteiger charge is -2.10. The summed E-state index contributed by atoms with van der Waals surface area (Å²) in [6, 6.07) is 11.9. The summed E-state index contributed by atoms with van der Waals surface area (Å²) in [5, 5.41) is 8.96. The number of aromatic carboxylic acids is 1. The number of hydrogen-bond acceptors (Lipinski definition) is 5. The van der Waals surface area contributed by atoms with Gasteiger partial charge < -0.3 is 19.6 Å². The van der Waals surface area contributed by atoms with Crippen LogP contribution in [0.2, 0.25) is 0 Å². The Labute approximate surface area is 155 Å². The summed E-state index contributed by atoms with van der Waals surface area (Å²) >= 11 is 0. The van der Waals surface area contributed by atoms with Gasteiger partial charge in [-0.1, -0.05) is 0 Å². The van der Waals surface area contributed by atoms with Gasteiger partial charge in [-0.3, -0.25) is 4.79 Å². The van der Waals surface area contributed by atoms with E-state index in [2.05, 4.69) is 14.7 Å². The number of alkyl halides is 3. The Balaban J connectivity index is 1.75. The summed E-state index contributed by atoms with van der Waals surface area (Å²) in [4.78, 5) is 28.8. The van der Waals surface area contributed by atoms with Crippen molar-refractivity contribution in [2.75, 3.05) is 0 Å². The molecular weight excluding hydrogens is 381 g/mol. The van der Waals surface area contributed by atoms with Gasteiger partial charge in [0.05, 0.1) is 0 Å². The third-order valence-corrected chi connectivity index (χ3v) is 3.38. The zero-order chi connectivity index (χ0) is 20.3. The van der Waals surface area contributed by atoms with Gasteiger partial charge in [-0.15, -0.1) is 13.2 Å². The summed E-state index contributed by atoms with van der Waals surface area (Å²) < 4.78 is 45.7. The summed E-state index contributed by atoms with van der Waals surface area (Å²) in [6.07, 6.45) is -4.77. The maximum atomic E-state index is 12.1. The van der Waals surface area contributed by atoms with Crippen LogP contribution in [0.15, 0.2) is 59.4 Å². The number of H-pyrrole nitrogens is 1. The van der Waals surface area contributed by atoms with Gasteiger partial charge in [-0.05, 0) is 48.5 Å². The summed E-state index contributed by atoms with van der Waals surface area (Å²) in [5.74, 6) is -0.981. The lowest BCUT2D eigenvalue weighted by molar-refractivity contribution is -0.274. The van der Waals surface area contributed by atoms with Gasteiger partial charge in [0.2, 0.25) is 0 Å². The van der Waals surface area contributed by atoms with Gasteiger partial charge >= 0.3 is 12.3 Å². The number of ether oxygens (including phenoxy) is 2. The van der Waals surface area contributed by atoms with Crippen LogP contribution in [0.25, 0.3) is 11.4 Å². The summed E-state index contributed by atoms with van der Waals surface area (Å²) in [5.41, 5.74) is -0.550. The highest BCUT2D eigenvalue weighted by molar-refractivity contribution is 5.85. The first-order chi connectivity index (χ1) is 13.2. The van der Waals surface area contributed by atoms with E-state index in [1.165, 1.54) is 24.3 Å². The van der Waals surface area contributed by atoms with Crippen LogP contribution in [0.5, 0.6) is 17.2 Å². The fourth-order valence-corrected chi connectivity index (χ4v) is 2.23. The molecule has 2 N–H and O–H groups in total. The van der Waals surface area contributed by atoms with Gasteiger partial charge in [-0.2, -0.15) is 0 Å². The first-order valence-electron chi connectivity index (χ1n) is 7.68. The predicted octanol–water partition coefficient (Wildman–Crippen LogP) is 3.83. The Hall–Kier alpha value is -3.82. The minimum Gasteiger partial charge on any atom is -0.477 e. The van der Waals surface area contributed by atoms with E-state index in [1.807, 2.05) is 0 Å². The van der Waals surface area contributed by atoms with Gasteiger partial charge in [0, 0.05) is 11.6 Å². The molecule has 10 heteroatoms. The first kappa shape index (κ1) is 19.0. The number of aromatic nitrogens is 2. The molecule has 0 atom stereocenters. The fourth-order valence-electron chi connectivity index (χ4n) is 2.23. The quantitative estimate of drug-likeness (QED) is 0.684. The van der Waals surface area contributed by atoms with E-state index in [4.69, 9.17) is 9.84 Å². The lowest BCUT2D eigenvalue weighted by atomic mass is 10.2. The minimum atomic E-state index is -4.77. The van der Waals surface area contributed by atoms with Crippen LogP contribution in [0.4, 0.5) is 13.2 Å². The number of carbonyl (C=O) groups is 1. The van der Waals surface area contributed by atoms with Gasteiger partial charge in [0.15, 0.2) is 5.69 Å². The molecule has 7 nitrogen and oxygen atoms in total. The molecule has 1 heterocycles. The minimum absolute atomic E-state index is 0.0742. The highest BCUT2D eigenvalue weighted by Crippen LogP contribution is 2.28. The Bertz CT molecular complexity index is 1040. The van der Waals surface area contributed by atoms with Crippen molar-refractivity contribution >= 4 is 5.97 Å². The van der Waals surface area contributed by atoms with E-state index in [0.29, 0.717) is 11.3 Å². The molecule has 0 saturated carbocycles. The van der Waals surface area contributed by atoms with Crippen LogP contribution < -0.4 is 15.0 Å². The second kappa shape index (κ2) is 7.43. The Morgan fingerprint density at radius 1 is 0.964 bits per heavy atom. The second-order valence-electron chi connectivity index (χ2n) is 5.43. The molecule has 0 aliphatic heterocycles. The monoisotopic (exact) mass is 392 g/mol. The summed E-state index contributed by atoms with van der Waals surface area (Å²) in [7, 11) is 0. The highest BCUT2D eigenvalue weighted by atomic mass is 19.4. The van der Waals surface area contributed by atoms with Crippen molar-refractivity contribution in [2.24, 2.45) is 0 Å². The highest BCUT2D eigenvalue weighted by Gasteiger charge is 2.30. The average molecular weight is 392 g/mol. The van der Waals surface area contributed by atoms with E-state index in [-0.39, 0.29) is 23.0 Å². The third-order valence-electron chi connectivity index (χ3n) is 3.38. The van der Waals surface area contributed by atoms with Crippen LogP contribution in [-0.2, 0) is 0 Å². The van der Waals surface area contributed by atoms with Crippen molar-refractivity contribution in [3.05, 3.63) is 70.6 Å². The van der Waals surface area contributed by atoms with Crippen LogP contribution in [0.3, 0.4) is 0 Å². The number of hydrogen-bond donors (Lipinski definition) is 2. The van der Waals surface area contributed by atoms with Crippen LogP contribution >= 0.6 is 0 Å². The van der Waals surface area contributed by atoms with Crippen molar-refractivity contribution in [3.63, 3.8) is 0 Å². The molecule has 3 aromatic rings. The topological polar surface area (TPSA) is 102 Å². The number of carboxylic acids is 1. The predicted molar refractivity (Wildman–Crippen MR) is 90.5 cm³/mol. The van der Waals surface area contributed by atoms with E-state index in [1.54, 1.807) is 12.1 Å². The number of rotatable bonds is 5.